The number of ether oxygens (including phenoxy) is 1. The Balaban J connectivity index is 0.717. The third kappa shape index (κ3) is 10.9. The van der Waals surface area contributed by atoms with E-state index in [9.17, 15) is 24.6 Å². The van der Waals surface area contributed by atoms with Gasteiger partial charge in [-0.05, 0) is 136 Å². The fourth-order valence-electron chi connectivity index (χ4n) is 11.0. The first-order valence-corrected chi connectivity index (χ1v) is 25.8. The molecule has 4 amide bonds. The molecule has 0 unspecified atom stereocenters. The molecule has 17 heteroatoms. The first-order valence-electron chi connectivity index (χ1n) is 25.8. The van der Waals surface area contributed by atoms with Crippen molar-refractivity contribution in [1.29, 1.82) is 5.41 Å². The van der Waals surface area contributed by atoms with Gasteiger partial charge in [0, 0.05) is 70.6 Å². The molecule has 0 spiro atoms. The molecule has 3 fully saturated rings. The average molecular weight is 992 g/mol. The second-order valence-electron chi connectivity index (χ2n) is 20.3. The van der Waals surface area contributed by atoms with Crippen LogP contribution in [0.15, 0.2) is 85.1 Å². The SMILES string of the molecule is CCOc1cc(N2CCC(C(=O)N3CCC(CN4CCC(Cc5ccc(N(C(=N)c6cc(C(C)C)c(O)cc6O)C(N)=O)cc5)CC4)CC3)CC2)ccc1Nc1ncc2c(n1)N(C)c1ccccc1C(=O)N2C. The van der Waals surface area contributed by atoms with Gasteiger partial charge >= 0.3 is 6.03 Å². The number of hydrogen-bond donors (Lipinski definition) is 5. The summed E-state index contributed by atoms with van der Waals surface area (Å²) in [7, 11) is 3.64. The van der Waals surface area contributed by atoms with Crippen molar-refractivity contribution in [3.8, 4) is 17.2 Å². The van der Waals surface area contributed by atoms with Crippen LogP contribution in [-0.4, -0.2) is 120 Å². The van der Waals surface area contributed by atoms with Crippen LogP contribution in [0, 0.1) is 23.2 Å². The molecule has 0 radical (unpaired) electrons. The molecule has 5 aromatic rings. The molecular formula is C56H69N11O6. The number of aromatic hydroxyl groups is 2. The molecule has 0 atom stereocenters. The van der Waals surface area contributed by atoms with E-state index in [0.717, 1.165) is 118 Å². The van der Waals surface area contributed by atoms with Crippen LogP contribution >= 0.6 is 0 Å². The second-order valence-corrected chi connectivity index (χ2v) is 20.3. The van der Waals surface area contributed by atoms with E-state index in [1.807, 2.05) is 81.2 Å². The van der Waals surface area contributed by atoms with Gasteiger partial charge in [0.1, 0.15) is 28.8 Å². The Morgan fingerprint density at radius 3 is 2.23 bits per heavy atom. The van der Waals surface area contributed by atoms with Gasteiger partial charge in [0.05, 0.1) is 41.0 Å². The van der Waals surface area contributed by atoms with Gasteiger partial charge in [0.15, 0.2) is 5.82 Å². The molecule has 4 aliphatic rings. The van der Waals surface area contributed by atoms with Crippen LogP contribution in [0.25, 0.3) is 0 Å². The van der Waals surface area contributed by atoms with Crippen molar-refractivity contribution in [3.63, 3.8) is 0 Å². The predicted molar refractivity (Wildman–Crippen MR) is 286 cm³/mol. The van der Waals surface area contributed by atoms with Crippen molar-refractivity contribution in [3.05, 3.63) is 107 Å². The number of aromatic nitrogens is 2. The Bertz CT molecular complexity index is 2830. The molecule has 0 aliphatic carbocycles. The summed E-state index contributed by atoms with van der Waals surface area (Å²) >= 11 is 0. The fourth-order valence-corrected chi connectivity index (χ4v) is 11.0. The number of rotatable bonds is 13. The average Bonchev–Trinajstić information content (AvgIpc) is 3.46. The Morgan fingerprint density at radius 1 is 0.849 bits per heavy atom. The molecule has 6 N–H and O–H groups in total. The number of nitrogens with one attached hydrogen (secondary N) is 2. The molecule has 1 aromatic heterocycles. The number of likely N-dealkylation sites (tertiary alicyclic amines) is 2. The fraction of sp³-hybridized carbons (Fsp3) is 0.429. The molecule has 73 heavy (non-hydrogen) atoms. The van der Waals surface area contributed by atoms with Crippen LogP contribution in [0.2, 0.25) is 0 Å². The minimum atomic E-state index is -0.838. The number of carbonyl (C=O) groups excluding carboxylic acids is 3. The zero-order valence-corrected chi connectivity index (χ0v) is 42.7. The van der Waals surface area contributed by atoms with Crippen LogP contribution in [0.5, 0.6) is 17.2 Å². The van der Waals surface area contributed by atoms with Crippen molar-refractivity contribution in [1.82, 2.24) is 19.8 Å². The van der Waals surface area contributed by atoms with Crippen LogP contribution in [-0.2, 0) is 11.2 Å². The quantitative estimate of drug-likeness (QED) is 0.0554. The number of phenolic OH excluding ortho intramolecular Hbond substituents is 2. The number of carbonyl (C=O) groups is 3. The molecular weight excluding hydrogens is 923 g/mol. The standard InChI is InChI=1S/C56H69N11O6/c1-6-73-50-30-41(15-16-45(50)60-56-59-33-47-52(61-56)62(4)46-10-8-7-9-42(46)54(71)63(47)5)65-27-21-39(22-28-65)53(70)66-25-19-38(20-26-66)34-64-23-17-37(18-24-64)29-36-11-13-40(14-12-36)67(55(58)72)51(57)44-31-43(35(2)3)48(68)32-49(44)69/h7-16,30-33,35,37-39,57,68-69H,6,17-29,34H2,1-5H3,(H2,58,72)(H,59,60,61). The highest BCUT2D eigenvalue weighted by Gasteiger charge is 2.34. The van der Waals surface area contributed by atoms with Crippen LogP contribution in [0.3, 0.4) is 0 Å². The summed E-state index contributed by atoms with van der Waals surface area (Å²) in [6.45, 7) is 12.6. The third-order valence-electron chi connectivity index (χ3n) is 15.3. The van der Waals surface area contributed by atoms with Gasteiger partial charge in [-0.1, -0.05) is 38.1 Å². The Labute approximate surface area is 428 Å². The van der Waals surface area contributed by atoms with Gasteiger partial charge in [-0.15, -0.1) is 0 Å². The van der Waals surface area contributed by atoms with Crippen molar-refractivity contribution < 1.29 is 29.3 Å². The van der Waals surface area contributed by atoms with Crippen LogP contribution in [0.4, 0.5) is 45.0 Å². The van der Waals surface area contributed by atoms with E-state index in [0.29, 0.717) is 64.4 Å². The second kappa shape index (κ2) is 21.8. The van der Waals surface area contributed by atoms with E-state index < -0.39 is 6.03 Å². The van der Waals surface area contributed by atoms with E-state index in [4.69, 9.17) is 20.9 Å². The lowest BCUT2D eigenvalue weighted by atomic mass is 9.88. The molecule has 5 heterocycles. The maximum atomic E-state index is 13.9. The number of phenols is 2. The number of piperidine rings is 3. The van der Waals surface area contributed by atoms with E-state index in [-0.39, 0.29) is 40.6 Å². The van der Waals surface area contributed by atoms with E-state index in [1.54, 1.807) is 30.3 Å². The topological polar surface area (TPSA) is 208 Å². The molecule has 384 valence electrons. The number of nitrogens with two attached hydrogens (primary N) is 1. The highest BCUT2D eigenvalue weighted by molar-refractivity contribution is 6.22. The molecule has 3 saturated heterocycles. The van der Waals surface area contributed by atoms with E-state index in [1.165, 1.54) is 12.1 Å². The Morgan fingerprint density at radius 2 is 1.55 bits per heavy atom. The first-order chi connectivity index (χ1) is 35.2. The first kappa shape index (κ1) is 50.5. The highest BCUT2D eigenvalue weighted by Crippen LogP contribution is 2.40. The number of fused-ring (bicyclic) bond motifs is 2. The van der Waals surface area contributed by atoms with Crippen LogP contribution in [0.1, 0.15) is 92.3 Å². The minimum absolute atomic E-state index is 0.0220. The maximum absolute atomic E-state index is 13.9. The number of hydrogen-bond acceptors (Lipinski definition) is 13. The van der Waals surface area contributed by atoms with Crippen molar-refractivity contribution >= 4 is 63.9 Å². The smallest absolute Gasteiger partial charge is 0.325 e. The molecule has 4 aliphatic heterocycles. The third-order valence-corrected chi connectivity index (χ3v) is 15.3. The number of amides is 4. The zero-order chi connectivity index (χ0) is 51.5. The van der Waals surface area contributed by atoms with Crippen molar-refractivity contribution in [2.45, 2.75) is 71.6 Å². The monoisotopic (exact) mass is 992 g/mol. The zero-order valence-electron chi connectivity index (χ0n) is 42.7. The lowest BCUT2D eigenvalue weighted by molar-refractivity contribution is -0.137. The number of amidine groups is 1. The normalized spacial score (nSPS) is 17.0. The summed E-state index contributed by atoms with van der Waals surface area (Å²) in [4.78, 5) is 60.8. The molecule has 0 saturated carbocycles. The van der Waals surface area contributed by atoms with Crippen molar-refractivity contribution in [2.75, 3.05) is 91.4 Å². The number of nitrogens with zero attached hydrogens (tertiary/aromatic N) is 8. The molecule has 17 nitrogen and oxygen atoms in total. The Hall–Kier alpha value is -7.40. The molecule has 9 rings (SSSR count). The summed E-state index contributed by atoms with van der Waals surface area (Å²) < 4.78 is 6.14. The lowest BCUT2D eigenvalue weighted by Crippen LogP contribution is -2.47. The number of anilines is 7. The number of benzene rings is 4. The summed E-state index contributed by atoms with van der Waals surface area (Å²) in [6, 6.07) is 23.1. The van der Waals surface area contributed by atoms with Crippen LogP contribution < -0.4 is 35.4 Å². The number of primary amides is 1. The van der Waals surface area contributed by atoms with Gasteiger partial charge in [-0.25, -0.2) is 14.7 Å². The minimum Gasteiger partial charge on any atom is -0.508 e. The van der Waals surface area contributed by atoms with E-state index in [2.05, 4.69) is 31.1 Å². The van der Waals surface area contributed by atoms with Gasteiger partial charge in [-0.2, -0.15) is 4.98 Å². The molecule has 0 bridgehead atoms. The lowest BCUT2D eigenvalue weighted by Gasteiger charge is -2.40. The van der Waals surface area contributed by atoms with Gasteiger partial charge in [-0.3, -0.25) is 15.0 Å². The summed E-state index contributed by atoms with van der Waals surface area (Å²) in [5.41, 5.74) is 11.8. The largest absolute Gasteiger partial charge is 0.508 e. The summed E-state index contributed by atoms with van der Waals surface area (Å²) in [6.07, 6.45) is 8.46. The van der Waals surface area contributed by atoms with Crippen molar-refractivity contribution in [2.24, 2.45) is 23.5 Å². The van der Waals surface area contributed by atoms with Gasteiger partial charge < -0.3 is 50.5 Å². The molecule has 4 aromatic carbocycles. The summed E-state index contributed by atoms with van der Waals surface area (Å²) in [5.74, 6) is 2.30. The predicted octanol–water partition coefficient (Wildman–Crippen LogP) is 8.83. The number of para-hydroxylation sites is 1. The highest BCUT2D eigenvalue weighted by atomic mass is 16.5. The summed E-state index contributed by atoms with van der Waals surface area (Å²) in [5, 5.41) is 33.0. The van der Waals surface area contributed by atoms with Gasteiger partial charge in [0.2, 0.25) is 11.9 Å². The number of urea groups is 1. The van der Waals surface area contributed by atoms with Gasteiger partial charge in [0.25, 0.3) is 5.91 Å². The Kier molecular flexibility index (Phi) is 15.1. The maximum Gasteiger partial charge on any atom is 0.325 e. The van der Waals surface area contributed by atoms with E-state index >= 15 is 0 Å².